The van der Waals surface area contributed by atoms with Crippen LogP contribution < -0.4 is 11.1 Å². The molecule has 0 radical (unpaired) electrons. The molecule has 0 spiro atoms. The van der Waals surface area contributed by atoms with Crippen LogP contribution in [0.4, 0.5) is 11.4 Å². The van der Waals surface area contributed by atoms with Crippen molar-refractivity contribution in [1.82, 2.24) is 0 Å². The molecule has 13 heavy (non-hydrogen) atoms. The molecule has 0 saturated carbocycles. The molecule has 0 aliphatic carbocycles. The van der Waals surface area contributed by atoms with Crippen molar-refractivity contribution >= 4 is 11.4 Å². The van der Waals surface area contributed by atoms with Gasteiger partial charge in [-0.25, -0.2) is 0 Å². The lowest BCUT2D eigenvalue weighted by Gasteiger charge is -2.17. The van der Waals surface area contributed by atoms with Crippen molar-refractivity contribution in [2.45, 2.75) is 26.2 Å². The van der Waals surface area contributed by atoms with Crippen molar-refractivity contribution in [1.29, 1.82) is 0 Å². The fourth-order valence-electron chi connectivity index (χ4n) is 1.99. The van der Waals surface area contributed by atoms with Gasteiger partial charge in [-0.05, 0) is 30.2 Å². The number of benzene rings is 1. The number of nitrogen functional groups attached to an aromatic ring is 1. The molecule has 0 amide bonds. The number of aryl methyl sites for hydroxylation is 1. The maximum Gasteiger partial charge on any atom is 0.0410 e. The van der Waals surface area contributed by atoms with Crippen LogP contribution >= 0.6 is 0 Å². The van der Waals surface area contributed by atoms with Gasteiger partial charge in [-0.1, -0.05) is 13.8 Å². The van der Waals surface area contributed by atoms with Gasteiger partial charge >= 0.3 is 0 Å². The van der Waals surface area contributed by atoms with Crippen molar-refractivity contribution in [3.8, 4) is 0 Å². The number of nitrogens with one attached hydrogen (secondary N) is 1. The molecule has 2 rings (SSSR count). The first-order chi connectivity index (χ1) is 6.00. The maximum absolute atomic E-state index is 5.82. The summed E-state index contributed by atoms with van der Waals surface area (Å²) in [6, 6.07) is 4.11. The van der Waals surface area contributed by atoms with E-state index in [1.807, 2.05) is 6.07 Å². The quantitative estimate of drug-likeness (QED) is 0.595. The molecule has 1 aromatic carbocycles. The van der Waals surface area contributed by atoms with E-state index in [-0.39, 0.29) is 5.41 Å². The summed E-state index contributed by atoms with van der Waals surface area (Å²) in [6.07, 6.45) is 0. The molecule has 0 fully saturated rings. The van der Waals surface area contributed by atoms with E-state index >= 15 is 0 Å². The van der Waals surface area contributed by atoms with Crippen molar-refractivity contribution in [2.24, 2.45) is 0 Å². The standard InChI is InChI=1S/C11H16N2/c1-7-4-8(12)5-9-10(7)13-6-11(9,2)3/h4-5,13H,6,12H2,1-3H3. The summed E-state index contributed by atoms with van der Waals surface area (Å²) in [5.74, 6) is 0. The number of rotatable bonds is 0. The number of hydrogen-bond acceptors (Lipinski definition) is 2. The van der Waals surface area contributed by atoms with Crippen LogP contribution in [0.5, 0.6) is 0 Å². The van der Waals surface area contributed by atoms with E-state index in [0.29, 0.717) is 0 Å². The van der Waals surface area contributed by atoms with E-state index in [1.54, 1.807) is 0 Å². The Hall–Kier alpha value is -1.18. The van der Waals surface area contributed by atoms with Gasteiger partial charge in [-0.15, -0.1) is 0 Å². The molecule has 0 atom stereocenters. The van der Waals surface area contributed by atoms with E-state index < -0.39 is 0 Å². The van der Waals surface area contributed by atoms with E-state index in [0.717, 1.165) is 12.2 Å². The zero-order valence-electron chi connectivity index (χ0n) is 8.44. The van der Waals surface area contributed by atoms with Crippen LogP contribution in [0.3, 0.4) is 0 Å². The molecule has 0 saturated heterocycles. The summed E-state index contributed by atoms with van der Waals surface area (Å²) in [5.41, 5.74) is 10.8. The molecule has 1 aliphatic heterocycles. The molecule has 0 bridgehead atoms. The molecule has 0 aromatic heterocycles. The molecule has 0 unspecified atom stereocenters. The topological polar surface area (TPSA) is 38.0 Å². The average molecular weight is 176 g/mol. The minimum absolute atomic E-state index is 0.218. The van der Waals surface area contributed by atoms with Gasteiger partial charge < -0.3 is 11.1 Å². The minimum Gasteiger partial charge on any atom is -0.399 e. The first kappa shape index (κ1) is 8.42. The van der Waals surface area contributed by atoms with Gasteiger partial charge in [0.15, 0.2) is 0 Å². The van der Waals surface area contributed by atoms with E-state index in [1.165, 1.54) is 16.8 Å². The average Bonchev–Trinajstić information content (AvgIpc) is 2.28. The van der Waals surface area contributed by atoms with Crippen LogP contribution in [-0.4, -0.2) is 6.54 Å². The number of hydrogen-bond donors (Lipinski definition) is 2. The number of fused-ring (bicyclic) bond motifs is 1. The van der Waals surface area contributed by atoms with Gasteiger partial charge in [-0.3, -0.25) is 0 Å². The number of nitrogens with two attached hydrogens (primary N) is 1. The molecule has 2 nitrogen and oxygen atoms in total. The summed E-state index contributed by atoms with van der Waals surface area (Å²) in [5, 5.41) is 3.43. The fourth-order valence-corrected chi connectivity index (χ4v) is 1.99. The Morgan fingerprint density at radius 1 is 1.38 bits per heavy atom. The summed E-state index contributed by atoms with van der Waals surface area (Å²) in [4.78, 5) is 0. The van der Waals surface area contributed by atoms with Crippen LogP contribution in [0.25, 0.3) is 0 Å². The lowest BCUT2D eigenvalue weighted by Crippen LogP contribution is -2.18. The summed E-state index contributed by atoms with van der Waals surface area (Å²) >= 11 is 0. The predicted molar refractivity (Wildman–Crippen MR) is 57.1 cm³/mol. The first-order valence-corrected chi connectivity index (χ1v) is 4.65. The molecule has 1 aromatic rings. The van der Waals surface area contributed by atoms with Gasteiger partial charge in [-0.2, -0.15) is 0 Å². The third-order valence-electron chi connectivity index (χ3n) is 2.79. The molecule has 3 N–H and O–H groups in total. The normalized spacial score (nSPS) is 18.1. The Morgan fingerprint density at radius 3 is 2.77 bits per heavy atom. The van der Waals surface area contributed by atoms with Gasteiger partial charge in [0.2, 0.25) is 0 Å². The highest BCUT2D eigenvalue weighted by Gasteiger charge is 2.30. The van der Waals surface area contributed by atoms with Crippen molar-refractivity contribution in [3.05, 3.63) is 23.3 Å². The Balaban J connectivity index is 2.65. The maximum atomic E-state index is 5.82. The second-order valence-corrected chi connectivity index (χ2v) is 4.50. The summed E-state index contributed by atoms with van der Waals surface area (Å²) in [7, 11) is 0. The van der Waals surface area contributed by atoms with Gasteiger partial charge in [0.25, 0.3) is 0 Å². The second-order valence-electron chi connectivity index (χ2n) is 4.50. The highest BCUT2D eigenvalue weighted by molar-refractivity contribution is 5.68. The largest absolute Gasteiger partial charge is 0.399 e. The third kappa shape index (κ3) is 1.17. The van der Waals surface area contributed by atoms with Gasteiger partial charge in [0.05, 0.1) is 0 Å². The van der Waals surface area contributed by atoms with E-state index in [2.05, 4.69) is 32.2 Å². The Bertz CT molecular complexity index is 353. The molecule has 2 heteroatoms. The Labute approximate surface area is 79.1 Å². The van der Waals surface area contributed by atoms with E-state index in [9.17, 15) is 0 Å². The Morgan fingerprint density at radius 2 is 2.08 bits per heavy atom. The Kier molecular flexibility index (Phi) is 1.56. The first-order valence-electron chi connectivity index (χ1n) is 4.65. The smallest absolute Gasteiger partial charge is 0.0410 e. The van der Waals surface area contributed by atoms with Gasteiger partial charge in [0.1, 0.15) is 0 Å². The van der Waals surface area contributed by atoms with Crippen LogP contribution in [0.2, 0.25) is 0 Å². The van der Waals surface area contributed by atoms with Crippen molar-refractivity contribution in [2.75, 3.05) is 17.6 Å². The molecule has 1 aliphatic rings. The van der Waals surface area contributed by atoms with Crippen LogP contribution in [0.1, 0.15) is 25.0 Å². The lowest BCUT2D eigenvalue weighted by atomic mass is 9.86. The molecular weight excluding hydrogens is 160 g/mol. The van der Waals surface area contributed by atoms with Crippen molar-refractivity contribution < 1.29 is 0 Å². The highest BCUT2D eigenvalue weighted by Crippen LogP contribution is 2.39. The molecule has 70 valence electrons. The summed E-state index contributed by atoms with van der Waals surface area (Å²) < 4.78 is 0. The zero-order chi connectivity index (χ0) is 9.64. The predicted octanol–water partition coefficient (Wildman–Crippen LogP) is 2.28. The van der Waals surface area contributed by atoms with E-state index in [4.69, 9.17) is 5.73 Å². The van der Waals surface area contributed by atoms with Crippen LogP contribution in [0, 0.1) is 6.92 Å². The fraction of sp³-hybridized carbons (Fsp3) is 0.455. The second kappa shape index (κ2) is 2.41. The van der Waals surface area contributed by atoms with Crippen LogP contribution in [-0.2, 0) is 5.41 Å². The zero-order valence-corrected chi connectivity index (χ0v) is 8.44. The third-order valence-corrected chi connectivity index (χ3v) is 2.79. The highest BCUT2D eigenvalue weighted by atomic mass is 14.9. The monoisotopic (exact) mass is 176 g/mol. The summed E-state index contributed by atoms with van der Waals surface area (Å²) in [6.45, 7) is 7.59. The lowest BCUT2D eigenvalue weighted by molar-refractivity contribution is 0.586. The van der Waals surface area contributed by atoms with Crippen LogP contribution in [0.15, 0.2) is 12.1 Å². The van der Waals surface area contributed by atoms with Crippen molar-refractivity contribution in [3.63, 3.8) is 0 Å². The van der Waals surface area contributed by atoms with Gasteiger partial charge in [0, 0.05) is 23.3 Å². The SMILES string of the molecule is Cc1cc(N)cc2c1NCC2(C)C. The molecular formula is C11H16N2. The number of anilines is 2. The molecule has 1 heterocycles. The minimum atomic E-state index is 0.218.